The third-order valence-electron chi connectivity index (χ3n) is 4.48. The largest absolute Gasteiger partial charge is 0.467 e. The third-order valence-corrected chi connectivity index (χ3v) is 5.60. The Kier molecular flexibility index (Phi) is 4.53. The second-order valence-electron chi connectivity index (χ2n) is 6.68. The molecule has 6 heteroatoms. The van der Waals surface area contributed by atoms with E-state index in [0.717, 1.165) is 28.9 Å². The van der Waals surface area contributed by atoms with Crippen molar-refractivity contribution in [2.45, 2.75) is 34.1 Å². The van der Waals surface area contributed by atoms with Crippen LogP contribution < -0.4 is 4.74 Å². The molecular weight excluding hydrogens is 310 g/mol. The molecule has 5 nitrogen and oxygen atoms in total. The second kappa shape index (κ2) is 6.43. The number of nitrogens with zero attached hydrogens (tertiary/aromatic N) is 3. The first-order valence-corrected chi connectivity index (χ1v) is 8.88. The molecule has 2 atom stereocenters. The van der Waals surface area contributed by atoms with Gasteiger partial charge in [-0.3, -0.25) is 4.79 Å². The maximum Gasteiger partial charge on any atom is 0.260 e. The Hall–Kier alpha value is -1.69. The fraction of sp³-hybridized carbons (Fsp3) is 0.588. The summed E-state index contributed by atoms with van der Waals surface area (Å²) in [5.74, 6) is 1.66. The normalized spacial score (nSPS) is 21.7. The Morgan fingerprint density at radius 1 is 1.30 bits per heavy atom. The van der Waals surface area contributed by atoms with Gasteiger partial charge in [-0.2, -0.15) is 0 Å². The van der Waals surface area contributed by atoms with Crippen LogP contribution in [0.15, 0.2) is 6.33 Å². The molecule has 0 saturated carbocycles. The maximum absolute atomic E-state index is 12.4. The predicted octanol–water partition coefficient (Wildman–Crippen LogP) is 3.19. The predicted molar refractivity (Wildman–Crippen MR) is 91.9 cm³/mol. The number of rotatable bonds is 3. The minimum atomic E-state index is 0.0415. The van der Waals surface area contributed by atoms with E-state index < -0.39 is 0 Å². The second-order valence-corrected chi connectivity index (χ2v) is 7.88. The molecule has 2 aromatic rings. The number of hydrogen-bond donors (Lipinski definition) is 0. The molecule has 0 spiro atoms. The molecule has 1 saturated heterocycles. The van der Waals surface area contributed by atoms with E-state index >= 15 is 0 Å². The number of amides is 1. The molecule has 1 aliphatic heterocycles. The molecule has 2 aromatic heterocycles. The SMILES string of the molecule is Cc1sc2ncnc(OCC(=O)N3CC(C)CC(C)C3)c2c1C. The number of aromatic nitrogens is 2. The van der Waals surface area contributed by atoms with Crippen molar-refractivity contribution in [3.05, 3.63) is 16.8 Å². The van der Waals surface area contributed by atoms with Gasteiger partial charge in [0, 0.05) is 18.0 Å². The van der Waals surface area contributed by atoms with Crippen molar-refractivity contribution in [3.8, 4) is 5.88 Å². The van der Waals surface area contributed by atoms with Crippen molar-refractivity contribution in [1.82, 2.24) is 14.9 Å². The Balaban J connectivity index is 1.72. The van der Waals surface area contributed by atoms with Gasteiger partial charge in [-0.25, -0.2) is 9.97 Å². The standard InChI is InChI=1S/C17H23N3O2S/c1-10-5-11(2)7-20(6-10)14(21)8-22-16-15-12(3)13(4)23-17(15)19-9-18-16/h9-11H,5-8H2,1-4H3. The van der Waals surface area contributed by atoms with E-state index in [2.05, 4.69) is 30.7 Å². The van der Waals surface area contributed by atoms with Gasteiger partial charge in [-0.1, -0.05) is 13.8 Å². The lowest BCUT2D eigenvalue weighted by atomic mass is 9.92. The summed E-state index contributed by atoms with van der Waals surface area (Å²) in [5.41, 5.74) is 1.13. The molecule has 1 fully saturated rings. The molecule has 124 valence electrons. The van der Waals surface area contributed by atoms with Crippen LogP contribution in [0.4, 0.5) is 0 Å². The average Bonchev–Trinajstić information content (AvgIpc) is 2.79. The number of ether oxygens (including phenoxy) is 1. The van der Waals surface area contributed by atoms with Gasteiger partial charge in [0.25, 0.3) is 5.91 Å². The van der Waals surface area contributed by atoms with Gasteiger partial charge in [-0.15, -0.1) is 11.3 Å². The lowest BCUT2D eigenvalue weighted by Gasteiger charge is -2.34. The number of aryl methyl sites for hydroxylation is 2. The molecular formula is C17H23N3O2S. The zero-order chi connectivity index (χ0) is 16.6. The van der Waals surface area contributed by atoms with E-state index in [0.29, 0.717) is 17.7 Å². The highest BCUT2D eigenvalue weighted by molar-refractivity contribution is 7.18. The summed E-state index contributed by atoms with van der Waals surface area (Å²) in [6.07, 6.45) is 2.69. The fourth-order valence-electron chi connectivity index (χ4n) is 3.35. The number of likely N-dealkylation sites (tertiary alicyclic amines) is 1. The Bertz CT molecular complexity index is 718. The molecule has 1 aliphatic rings. The van der Waals surface area contributed by atoms with E-state index in [1.54, 1.807) is 11.3 Å². The van der Waals surface area contributed by atoms with Crippen LogP contribution in [0.5, 0.6) is 5.88 Å². The summed E-state index contributed by atoms with van der Waals surface area (Å²) in [4.78, 5) is 25.0. The molecule has 3 heterocycles. The van der Waals surface area contributed by atoms with Crippen LogP contribution in [0.1, 0.15) is 30.7 Å². The van der Waals surface area contributed by atoms with Gasteiger partial charge in [0.1, 0.15) is 11.2 Å². The van der Waals surface area contributed by atoms with E-state index in [4.69, 9.17) is 4.74 Å². The van der Waals surface area contributed by atoms with Gasteiger partial charge in [0.2, 0.25) is 5.88 Å². The van der Waals surface area contributed by atoms with Crippen LogP contribution in [0.2, 0.25) is 0 Å². The molecule has 0 aliphatic carbocycles. The molecule has 2 unspecified atom stereocenters. The monoisotopic (exact) mass is 333 g/mol. The lowest BCUT2D eigenvalue weighted by Crippen LogP contribution is -2.44. The smallest absolute Gasteiger partial charge is 0.260 e. The van der Waals surface area contributed by atoms with Crippen LogP contribution in [0.3, 0.4) is 0 Å². The topological polar surface area (TPSA) is 55.3 Å². The number of carbonyl (C=O) groups excluding carboxylic acids is 1. The van der Waals surface area contributed by atoms with Gasteiger partial charge < -0.3 is 9.64 Å². The summed E-state index contributed by atoms with van der Waals surface area (Å²) in [7, 11) is 0. The van der Waals surface area contributed by atoms with Crippen molar-refractivity contribution in [1.29, 1.82) is 0 Å². The zero-order valence-electron chi connectivity index (χ0n) is 14.1. The van der Waals surface area contributed by atoms with Crippen LogP contribution >= 0.6 is 11.3 Å². The van der Waals surface area contributed by atoms with E-state index in [1.165, 1.54) is 17.6 Å². The summed E-state index contributed by atoms with van der Waals surface area (Å²) in [6.45, 7) is 10.2. The first-order valence-electron chi connectivity index (χ1n) is 8.07. The number of thiophene rings is 1. The number of piperidine rings is 1. The highest BCUT2D eigenvalue weighted by atomic mass is 32.1. The van der Waals surface area contributed by atoms with Gasteiger partial charge in [0.15, 0.2) is 6.61 Å². The minimum Gasteiger partial charge on any atom is -0.467 e. The van der Waals surface area contributed by atoms with Crippen LogP contribution in [-0.4, -0.2) is 40.5 Å². The Labute approximate surface area is 140 Å². The maximum atomic E-state index is 12.4. The molecule has 23 heavy (non-hydrogen) atoms. The third kappa shape index (κ3) is 3.32. The number of hydrogen-bond acceptors (Lipinski definition) is 5. The first kappa shape index (κ1) is 16.2. The molecule has 0 aromatic carbocycles. The summed E-state index contributed by atoms with van der Waals surface area (Å²) in [6, 6.07) is 0. The van der Waals surface area contributed by atoms with Crippen molar-refractivity contribution in [2.75, 3.05) is 19.7 Å². The minimum absolute atomic E-state index is 0.0415. The van der Waals surface area contributed by atoms with Crippen LogP contribution in [0, 0.1) is 25.7 Å². The van der Waals surface area contributed by atoms with Crippen molar-refractivity contribution < 1.29 is 9.53 Å². The highest BCUT2D eigenvalue weighted by Crippen LogP contribution is 2.33. The summed E-state index contributed by atoms with van der Waals surface area (Å²) >= 11 is 1.63. The Morgan fingerprint density at radius 3 is 2.70 bits per heavy atom. The van der Waals surface area contributed by atoms with E-state index in [9.17, 15) is 4.79 Å². The molecule has 0 bridgehead atoms. The quantitative estimate of drug-likeness (QED) is 0.865. The number of carbonyl (C=O) groups is 1. The number of fused-ring (bicyclic) bond motifs is 1. The van der Waals surface area contributed by atoms with E-state index in [1.807, 2.05) is 11.8 Å². The first-order chi connectivity index (χ1) is 11.0. The van der Waals surface area contributed by atoms with Crippen molar-refractivity contribution in [2.24, 2.45) is 11.8 Å². The zero-order valence-corrected chi connectivity index (χ0v) is 14.9. The molecule has 0 radical (unpaired) electrons. The molecule has 1 amide bonds. The summed E-state index contributed by atoms with van der Waals surface area (Å²) in [5, 5.41) is 0.934. The van der Waals surface area contributed by atoms with Crippen molar-refractivity contribution >= 4 is 27.5 Å². The molecule has 3 rings (SSSR count). The summed E-state index contributed by atoms with van der Waals surface area (Å²) < 4.78 is 5.76. The molecule has 0 N–H and O–H groups in total. The van der Waals surface area contributed by atoms with E-state index in [-0.39, 0.29) is 12.5 Å². The lowest BCUT2D eigenvalue weighted by molar-refractivity contribution is -0.136. The van der Waals surface area contributed by atoms with Gasteiger partial charge in [0.05, 0.1) is 5.39 Å². The Morgan fingerprint density at radius 2 is 2.00 bits per heavy atom. The van der Waals surface area contributed by atoms with Crippen molar-refractivity contribution in [3.63, 3.8) is 0 Å². The van der Waals surface area contributed by atoms with Gasteiger partial charge in [-0.05, 0) is 37.7 Å². The van der Waals surface area contributed by atoms with Crippen LogP contribution in [-0.2, 0) is 4.79 Å². The van der Waals surface area contributed by atoms with Crippen LogP contribution in [0.25, 0.3) is 10.2 Å². The fourth-order valence-corrected chi connectivity index (χ4v) is 4.33. The van der Waals surface area contributed by atoms with Gasteiger partial charge >= 0.3 is 0 Å². The average molecular weight is 333 g/mol. The highest BCUT2D eigenvalue weighted by Gasteiger charge is 2.26.